The third-order valence-corrected chi connectivity index (χ3v) is 2.99. The SMILES string of the molecule is CCCCCCCCCCCC([O])Br. The van der Waals surface area contributed by atoms with Gasteiger partial charge in [0, 0.05) is 0 Å². The van der Waals surface area contributed by atoms with Crippen LogP contribution in [0.25, 0.3) is 0 Å². The maximum atomic E-state index is 10.7. The highest BCUT2D eigenvalue weighted by molar-refractivity contribution is 9.09. The molecule has 14 heavy (non-hydrogen) atoms. The van der Waals surface area contributed by atoms with Gasteiger partial charge in [0.05, 0.1) is 0 Å². The number of unbranched alkanes of at least 4 members (excludes halogenated alkanes) is 8. The van der Waals surface area contributed by atoms with Crippen LogP contribution in [0, 0.1) is 0 Å². The van der Waals surface area contributed by atoms with Crippen molar-refractivity contribution in [3.63, 3.8) is 0 Å². The molecule has 0 aromatic rings. The van der Waals surface area contributed by atoms with E-state index in [-0.39, 0.29) is 0 Å². The molecule has 0 aliphatic rings. The molecule has 1 atom stereocenters. The predicted molar refractivity (Wildman–Crippen MR) is 65.2 cm³/mol. The minimum absolute atomic E-state index is 0.535. The van der Waals surface area contributed by atoms with E-state index in [1.807, 2.05) is 0 Å². The standard InChI is InChI=1S/C12H24BrO/c1-2-3-4-5-6-7-8-9-10-11-12(13)14/h12H,2-11H2,1H3. The Morgan fingerprint density at radius 3 is 1.71 bits per heavy atom. The molecule has 0 N–H and O–H groups in total. The highest BCUT2D eigenvalue weighted by Gasteiger charge is 1.98. The lowest BCUT2D eigenvalue weighted by atomic mass is 10.1. The van der Waals surface area contributed by atoms with Gasteiger partial charge in [0.1, 0.15) is 5.01 Å². The molecule has 0 heterocycles. The normalized spacial score (nSPS) is 13.1. The highest BCUT2D eigenvalue weighted by atomic mass is 79.9. The van der Waals surface area contributed by atoms with Gasteiger partial charge in [-0.25, -0.2) is 5.11 Å². The van der Waals surface area contributed by atoms with Crippen LogP contribution in [0.3, 0.4) is 0 Å². The monoisotopic (exact) mass is 263 g/mol. The number of halogens is 1. The molecule has 0 spiro atoms. The molecule has 0 aromatic carbocycles. The van der Waals surface area contributed by atoms with Gasteiger partial charge in [-0.3, -0.25) is 0 Å². The van der Waals surface area contributed by atoms with Crippen molar-refractivity contribution in [3.05, 3.63) is 0 Å². The summed E-state index contributed by atoms with van der Waals surface area (Å²) in [4.78, 5) is 0. The summed E-state index contributed by atoms with van der Waals surface area (Å²) in [5.74, 6) is 0. The van der Waals surface area contributed by atoms with Gasteiger partial charge in [-0.05, 0) is 12.8 Å². The van der Waals surface area contributed by atoms with Crippen molar-refractivity contribution >= 4 is 15.9 Å². The van der Waals surface area contributed by atoms with Crippen LogP contribution in [0.4, 0.5) is 0 Å². The molecule has 0 bridgehead atoms. The van der Waals surface area contributed by atoms with E-state index < -0.39 is 5.01 Å². The molecule has 1 radical (unpaired) electrons. The van der Waals surface area contributed by atoms with E-state index in [0.717, 1.165) is 12.8 Å². The van der Waals surface area contributed by atoms with Gasteiger partial charge in [0.15, 0.2) is 0 Å². The fourth-order valence-corrected chi connectivity index (χ4v) is 1.94. The van der Waals surface area contributed by atoms with E-state index in [1.165, 1.54) is 51.4 Å². The molecular formula is C12H24BrO. The minimum Gasteiger partial charge on any atom is -0.221 e. The molecule has 2 heteroatoms. The smallest absolute Gasteiger partial charge is 0.147 e. The molecule has 0 saturated heterocycles. The topological polar surface area (TPSA) is 19.9 Å². The fourth-order valence-electron chi connectivity index (χ4n) is 1.62. The van der Waals surface area contributed by atoms with Crippen molar-refractivity contribution in [2.45, 2.75) is 76.1 Å². The van der Waals surface area contributed by atoms with Crippen molar-refractivity contribution < 1.29 is 5.11 Å². The molecule has 0 aromatic heterocycles. The molecule has 85 valence electrons. The summed E-state index contributed by atoms with van der Waals surface area (Å²) >= 11 is 3.03. The van der Waals surface area contributed by atoms with E-state index >= 15 is 0 Å². The van der Waals surface area contributed by atoms with Crippen LogP contribution >= 0.6 is 15.9 Å². The zero-order valence-electron chi connectivity index (χ0n) is 9.43. The van der Waals surface area contributed by atoms with Gasteiger partial charge in [0.25, 0.3) is 0 Å². The van der Waals surface area contributed by atoms with Crippen molar-refractivity contribution in [1.29, 1.82) is 0 Å². The first-order valence-electron chi connectivity index (χ1n) is 6.07. The quantitative estimate of drug-likeness (QED) is 0.388. The zero-order chi connectivity index (χ0) is 10.6. The van der Waals surface area contributed by atoms with Crippen molar-refractivity contribution in [3.8, 4) is 0 Å². The lowest BCUT2D eigenvalue weighted by Crippen LogP contribution is -1.91. The molecule has 0 rings (SSSR count). The Kier molecular flexibility index (Phi) is 11.9. The number of rotatable bonds is 10. The predicted octanol–water partition coefficient (Wildman–Crippen LogP) is 5.06. The second-order valence-electron chi connectivity index (χ2n) is 4.03. The summed E-state index contributed by atoms with van der Waals surface area (Å²) in [6.07, 6.45) is 12.7. The average molecular weight is 264 g/mol. The van der Waals surface area contributed by atoms with Crippen molar-refractivity contribution in [2.24, 2.45) is 0 Å². The number of alkyl halides is 1. The largest absolute Gasteiger partial charge is 0.221 e. The lowest BCUT2D eigenvalue weighted by Gasteiger charge is -2.02. The van der Waals surface area contributed by atoms with Gasteiger partial charge in [-0.15, -0.1) is 0 Å². The van der Waals surface area contributed by atoms with Crippen LogP contribution in [-0.4, -0.2) is 5.01 Å². The molecule has 1 unspecified atom stereocenters. The van der Waals surface area contributed by atoms with Gasteiger partial charge in [-0.2, -0.15) is 0 Å². The fraction of sp³-hybridized carbons (Fsp3) is 1.00. The molecule has 0 saturated carbocycles. The van der Waals surface area contributed by atoms with Gasteiger partial charge < -0.3 is 0 Å². The Hall–Kier alpha value is 0.440. The first kappa shape index (κ1) is 14.4. The van der Waals surface area contributed by atoms with E-state index in [0.29, 0.717) is 0 Å². The molecular weight excluding hydrogens is 240 g/mol. The first-order valence-corrected chi connectivity index (χ1v) is 6.98. The number of hydrogen-bond acceptors (Lipinski definition) is 0. The van der Waals surface area contributed by atoms with Crippen LogP contribution in [0.2, 0.25) is 0 Å². The molecule has 0 amide bonds. The third-order valence-electron chi connectivity index (χ3n) is 2.53. The second kappa shape index (κ2) is 11.5. The van der Waals surface area contributed by atoms with Crippen LogP contribution in [0.1, 0.15) is 71.1 Å². The molecule has 0 fully saturated rings. The molecule has 0 aliphatic carbocycles. The summed E-state index contributed by atoms with van der Waals surface area (Å²) in [6, 6.07) is 0. The van der Waals surface area contributed by atoms with Crippen LogP contribution in [0.5, 0.6) is 0 Å². The van der Waals surface area contributed by atoms with E-state index in [9.17, 15) is 5.11 Å². The number of hydrogen-bond donors (Lipinski definition) is 0. The Balaban J connectivity index is 2.85. The zero-order valence-corrected chi connectivity index (χ0v) is 11.0. The van der Waals surface area contributed by atoms with Gasteiger partial charge in [0.2, 0.25) is 0 Å². The Labute approximate surface area is 97.4 Å². The lowest BCUT2D eigenvalue weighted by molar-refractivity contribution is 0.160. The Morgan fingerprint density at radius 1 is 0.857 bits per heavy atom. The second-order valence-corrected chi connectivity index (χ2v) is 5.05. The third kappa shape index (κ3) is 12.4. The van der Waals surface area contributed by atoms with Crippen LogP contribution < -0.4 is 0 Å². The summed E-state index contributed by atoms with van der Waals surface area (Å²) in [5.41, 5.74) is 0. The van der Waals surface area contributed by atoms with Crippen LogP contribution in [0.15, 0.2) is 0 Å². The van der Waals surface area contributed by atoms with Crippen molar-refractivity contribution in [1.82, 2.24) is 0 Å². The van der Waals surface area contributed by atoms with E-state index in [4.69, 9.17) is 0 Å². The maximum absolute atomic E-state index is 10.7. The Morgan fingerprint density at radius 2 is 1.29 bits per heavy atom. The van der Waals surface area contributed by atoms with Crippen molar-refractivity contribution in [2.75, 3.05) is 0 Å². The molecule has 1 nitrogen and oxygen atoms in total. The minimum atomic E-state index is -0.535. The van der Waals surface area contributed by atoms with E-state index in [2.05, 4.69) is 22.9 Å². The summed E-state index contributed by atoms with van der Waals surface area (Å²) in [7, 11) is 0. The summed E-state index contributed by atoms with van der Waals surface area (Å²) in [5, 5.41) is 10.1. The average Bonchev–Trinajstić information content (AvgIpc) is 2.15. The maximum Gasteiger partial charge on any atom is 0.147 e. The first-order chi connectivity index (χ1) is 6.77. The van der Waals surface area contributed by atoms with Crippen LogP contribution in [-0.2, 0) is 5.11 Å². The highest BCUT2D eigenvalue weighted by Crippen LogP contribution is 2.12. The summed E-state index contributed by atoms with van der Waals surface area (Å²) in [6.45, 7) is 2.25. The molecule has 0 aliphatic heterocycles. The Bertz CT molecular complexity index is 104. The van der Waals surface area contributed by atoms with Gasteiger partial charge in [-0.1, -0.05) is 74.2 Å². The summed E-state index contributed by atoms with van der Waals surface area (Å²) < 4.78 is 0. The van der Waals surface area contributed by atoms with E-state index in [1.54, 1.807) is 0 Å². The van der Waals surface area contributed by atoms with Gasteiger partial charge >= 0.3 is 0 Å².